The van der Waals surface area contributed by atoms with E-state index in [0.717, 1.165) is 29.7 Å². The van der Waals surface area contributed by atoms with Crippen molar-refractivity contribution in [1.29, 1.82) is 0 Å². The monoisotopic (exact) mass is 324 g/mol. The van der Waals surface area contributed by atoms with Gasteiger partial charge in [0.25, 0.3) is 0 Å². The maximum absolute atomic E-state index is 12.8. The van der Waals surface area contributed by atoms with Gasteiger partial charge in [-0.15, -0.1) is 0 Å². The van der Waals surface area contributed by atoms with Gasteiger partial charge in [0.05, 0.1) is 6.04 Å². The second kappa shape index (κ2) is 7.49. The molecule has 2 aromatic rings. The lowest BCUT2D eigenvalue weighted by atomic mass is 10.0. The molecule has 126 valence electrons. The van der Waals surface area contributed by atoms with Crippen LogP contribution in [0.4, 0.5) is 10.5 Å². The molecule has 0 saturated heterocycles. The molecule has 0 aromatic heterocycles. The molecular formula is C20H24N2O2. The molecule has 0 saturated carbocycles. The molecule has 1 heterocycles. The van der Waals surface area contributed by atoms with E-state index in [1.807, 2.05) is 42.2 Å². The van der Waals surface area contributed by atoms with Crippen molar-refractivity contribution < 1.29 is 9.90 Å². The summed E-state index contributed by atoms with van der Waals surface area (Å²) >= 11 is 0. The molecule has 2 amide bonds. The minimum atomic E-state index is -0.0836. The van der Waals surface area contributed by atoms with E-state index in [4.69, 9.17) is 5.11 Å². The zero-order valence-corrected chi connectivity index (χ0v) is 14.0. The number of aliphatic hydroxyl groups is 1. The fourth-order valence-electron chi connectivity index (χ4n) is 3.23. The van der Waals surface area contributed by atoms with Crippen LogP contribution in [0.2, 0.25) is 0 Å². The van der Waals surface area contributed by atoms with Crippen molar-refractivity contribution in [2.24, 2.45) is 0 Å². The van der Waals surface area contributed by atoms with Gasteiger partial charge in [0.2, 0.25) is 0 Å². The highest BCUT2D eigenvalue weighted by molar-refractivity contribution is 5.94. The van der Waals surface area contributed by atoms with Gasteiger partial charge in [-0.25, -0.2) is 4.79 Å². The van der Waals surface area contributed by atoms with Crippen LogP contribution in [0.15, 0.2) is 48.5 Å². The van der Waals surface area contributed by atoms with E-state index in [0.29, 0.717) is 13.0 Å². The third-order valence-corrected chi connectivity index (χ3v) is 4.53. The number of carbonyl (C=O) groups excluding carboxylic acids is 1. The summed E-state index contributed by atoms with van der Waals surface area (Å²) in [6, 6.07) is 16.1. The number of nitrogens with one attached hydrogen (secondary N) is 1. The second-order valence-corrected chi connectivity index (χ2v) is 6.31. The van der Waals surface area contributed by atoms with Crippen LogP contribution in [0, 0.1) is 6.92 Å². The molecule has 24 heavy (non-hydrogen) atoms. The number of amides is 2. The zero-order chi connectivity index (χ0) is 16.9. The summed E-state index contributed by atoms with van der Waals surface area (Å²) in [6.07, 6.45) is 2.28. The Morgan fingerprint density at radius 3 is 2.79 bits per heavy atom. The predicted molar refractivity (Wildman–Crippen MR) is 96.3 cm³/mol. The topological polar surface area (TPSA) is 52.6 Å². The molecule has 2 aromatic carbocycles. The summed E-state index contributed by atoms with van der Waals surface area (Å²) < 4.78 is 0. The van der Waals surface area contributed by atoms with Gasteiger partial charge in [-0.3, -0.25) is 4.90 Å². The Morgan fingerprint density at radius 1 is 1.25 bits per heavy atom. The predicted octanol–water partition coefficient (Wildman–Crippen LogP) is 3.58. The smallest absolute Gasteiger partial charge is 0.322 e. The van der Waals surface area contributed by atoms with Gasteiger partial charge in [0, 0.05) is 18.8 Å². The first-order valence-corrected chi connectivity index (χ1v) is 8.52. The first-order valence-electron chi connectivity index (χ1n) is 8.52. The standard InChI is InChI=1S/C20H24N2O2/c1-15-9-10-17-11-12-22(19(17)14-15)20(24)21-18(8-5-13-23)16-6-3-2-4-7-16/h2-4,6-7,9-10,14,18,23H,5,8,11-13H2,1H3,(H,21,24). The Kier molecular flexibility index (Phi) is 5.16. The van der Waals surface area contributed by atoms with Crippen molar-refractivity contribution in [3.63, 3.8) is 0 Å². The highest BCUT2D eigenvalue weighted by Gasteiger charge is 2.26. The van der Waals surface area contributed by atoms with E-state index in [9.17, 15) is 4.79 Å². The molecule has 0 radical (unpaired) electrons. The molecule has 0 aliphatic carbocycles. The Bertz CT molecular complexity index is 700. The van der Waals surface area contributed by atoms with Crippen LogP contribution in [-0.2, 0) is 6.42 Å². The average molecular weight is 324 g/mol. The molecule has 4 heteroatoms. The normalized spacial score (nSPS) is 14.3. The van der Waals surface area contributed by atoms with Crippen molar-refractivity contribution in [1.82, 2.24) is 5.32 Å². The fourth-order valence-corrected chi connectivity index (χ4v) is 3.23. The number of benzene rings is 2. The van der Waals surface area contributed by atoms with Gasteiger partial charge in [-0.1, -0.05) is 42.5 Å². The summed E-state index contributed by atoms with van der Waals surface area (Å²) in [4.78, 5) is 14.6. The molecule has 0 spiro atoms. The Labute approximate surface area is 143 Å². The van der Waals surface area contributed by atoms with E-state index in [-0.39, 0.29) is 18.7 Å². The first-order chi connectivity index (χ1) is 11.7. The van der Waals surface area contributed by atoms with Crippen LogP contribution >= 0.6 is 0 Å². The number of aryl methyl sites for hydroxylation is 1. The second-order valence-electron chi connectivity index (χ2n) is 6.31. The van der Waals surface area contributed by atoms with Gasteiger partial charge in [-0.05, 0) is 48.9 Å². The minimum Gasteiger partial charge on any atom is -0.396 e. The van der Waals surface area contributed by atoms with E-state index < -0.39 is 0 Å². The van der Waals surface area contributed by atoms with Gasteiger partial charge in [-0.2, -0.15) is 0 Å². The van der Waals surface area contributed by atoms with E-state index in [1.54, 1.807) is 0 Å². The lowest BCUT2D eigenvalue weighted by Crippen LogP contribution is -2.41. The Morgan fingerprint density at radius 2 is 2.04 bits per heavy atom. The highest BCUT2D eigenvalue weighted by Crippen LogP contribution is 2.29. The SMILES string of the molecule is Cc1ccc2c(c1)N(C(=O)NC(CCCO)c1ccccc1)CC2. The number of nitrogens with zero attached hydrogens (tertiary/aromatic N) is 1. The number of urea groups is 1. The van der Waals surface area contributed by atoms with Gasteiger partial charge >= 0.3 is 6.03 Å². The van der Waals surface area contributed by atoms with Crippen LogP contribution in [0.5, 0.6) is 0 Å². The number of carbonyl (C=O) groups is 1. The van der Waals surface area contributed by atoms with E-state index >= 15 is 0 Å². The number of aliphatic hydroxyl groups excluding tert-OH is 1. The molecule has 3 rings (SSSR count). The molecule has 1 unspecified atom stereocenters. The van der Waals surface area contributed by atoms with Crippen LogP contribution in [0.3, 0.4) is 0 Å². The Hall–Kier alpha value is -2.33. The number of fused-ring (bicyclic) bond motifs is 1. The maximum Gasteiger partial charge on any atom is 0.322 e. The van der Waals surface area contributed by atoms with Gasteiger partial charge < -0.3 is 10.4 Å². The quantitative estimate of drug-likeness (QED) is 0.883. The van der Waals surface area contributed by atoms with Crippen molar-refractivity contribution in [2.75, 3.05) is 18.1 Å². The van der Waals surface area contributed by atoms with Crippen molar-refractivity contribution in [3.8, 4) is 0 Å². The summed E-state index contributed by atoms with van der Waals surface area (Å²) in [5, 5.41) is 12.3. The fraction of sp³-hybridized carbons (Fsp3) is 0.350. The molecule has 4 nitrogen and oxygen atoms in total. The summed E-state index contributed by atoms with van der Waals surface area (Å²) in [6.45, 7) is 2.89. The summed E-state index contributed by atoms with van der Waals surface area (Å²) in [5.74, 6) is 0. The van der Waals surface area contributed by atoms with E-state index in [1.165, 1.54) is 5.56 Å². The van der Waals surface area contributed by atoms with Crippen LogP contribution in [0.25, 0.3) is 0 Å². The summed E-state index contributed by atoms with van der Waals surface area (Å²) in [7, 11) is 0. The summed E-state index contributed by atoms with van der Waals surface area (Å²) in [5.41, 5.74) is 4.47. The van der Waals surface area contributed by atoms with Crippen LogP contribution in [-0.4, -0.2) is 24.3 Å². The van der Waals surface area contributed by atoms with Gasteiger partial charge in [0.15, 0.2) is 0 Å². The highest BCUT2D eigenvalue weighted by atomic mass is 16.3. The van der Waals surface area contributed by atoms with Crippen molar-refractivity contribution >= 4 is 11.7 Å². The Balaban J connectivity index is 1.76. The maximum atomic E-state index is 12.8. The van der Waals surface area contributed by atoms with E-state index in [2.05, 4.69) is 23.5 Å². The zero-order valence-electron chi connectivity index (χ0n) is 14.0. The van der Waals surface area contributed by atoms with Crippen molar-refractivity contribution in [2.45, 2.75) is 32.2 Å². The third-order valence-electron chi connectivity index (χ3n) is 4.53. The van der Waals surface area contributed by atoms with Crippen LogP contribution < -0.4 is 10.2 Å². The van der Waals surface area contributed by atoms with Gasteiger partial charge in [0.1, 0.15) is 0 Å². The molecule has 0 bridgehead atoms. The number of hydrogen-bond donors (Lipinski definition) is 2. The lowest BCUT2D eigenvalue weighted by Gasteiger charge is -2.24. The average Bonchev–Trinajstić information content (AvgIpc) is 3.02. The lowest BCUT2D eigenvalue weighted by molar-refractivity contribution is 0.238. The molecule has 1 atom stereocenters. The number of rotatable bonds is 5. The molecule has 0 fully saturated rings. The number of anilines is 1. The molecule has 1 aliphatic heterocycles. The first kappa shape index (κ1) is 16.5. The van der Waals surface area contributed by atoms with Crippen LogP contribution in [0.1, 0.15) is 35.6 Å². The third kappa shape index (κ3) is 3.60. The molecule has 2 N–H and O–H groups in total. The molecule has 1 aliphatic rings. The number of hydrogen-bond acceptors (Lipinski definition) is 2. The molecular weight excluding hydrogens is 300 g/mol. The minimum absolute atomic E-state index is 0.0638. The largest absolute Gasteiger partial charge is 0.396 e. The van der Waals surface area contributed by atoms with Crippen molar-refractivity contribution in [3.05, 3.63) is 65.2 Å².